The van der Waals surface area contributed by atoms with Crippen LogP contribution in [0.4, 0.5) is 4.39 Å². The van der Waals surface area contributed by atoms with Crippen molar-refractivity contribution in [1.29, 1.82) is 0 Å². The van der Waals surface area contributed by atoms with Crippen molar-refractivity contribution >= 4 is 5.91 Å². The van der Waals surface area contributed by atoms with E-state index in [-0.39, 0.29) is 11.5 Å². The van der Waals surface area contributed by atoms with E-state index in [9.17, 15) is 14.3 Å². The number of nitrogens with zero attached hydrogens (tertiary/aromatic N) is 2. The van der Waals surface area contributed by atoms with Gasteiger partial charge in [-0.2, -0.15) is 0 Å². The molecule has 1 N–H and O–H groups in total. The lowest BCUT2D eigenvalue weighted by atomic mass is 10.1. The molecule has 0 aliphatic carbocycles. The van der Waals surface area contributed by atoms with Gasteiger partial charge in [0.1, 0.15) is 0 Å². The lowest BCUT2D eigenvalue weighted by Gasteiger charge is -2.20. The van der Waals surface area contributed by atoms with Crippen molar-refractivity contribution in [3.05, 3.63) is 29.1 Å². The molecule has 0 spiro atoms. The number of rotatable bonds is 4. The molecule has 0 bridgehead atoms. The number of likely N-dealkylation sites (N-methyl/N-ethyl adjacent to an activating group) is 2. The zero-order valence-electron chi connectivity index (χ0n) is 11.2. The standard InChI is InChI=1S/C13H19FN2O2/c1-9-7-10(12(17)11(14)8-9)13(18)16(4)6-5-15(2)3/h7-8,17H,5-6H2,1-4H3. The van der Waals surface area contributed by atoms with Crippen LogP contribution in [-0.2, 0) is 0 Å². The van der Waals surface area contributed by atoms with Crippen molar-refractivity contribution in [3.63, 3.8) is 0 Å². The van der Waals surface area contributed by atoms with E-state index in [1.165, 1.54) is 17.0 Å². The van der Waals surface area contributed by atoms with Crippen LogP contribution >= 0.6 is 0 Å². The number of amides is 1. The number of hydrogen-bond acceptors (Lipinski definition) is 3. The number of benzene rings is 1. The third-order valence-electron chi connectivity index (χ3n) is 2.67. The minimum Gasteiger partial charge on any atom is -0.504 e. The second-order valence-corrected chi connectivity index (χ2v) is 4.67. The molecule has 0 atom stereocenters. The molecule has 0 saturated carbocycles. The van der Waals surface area contributed by atoms with Crippen LogP contribution in [0.1, 0.15) is 15.9 Å². The smallest absolute Gasteiger partial charge is 0.257 e. The molecule has 5 heteroatoms. The molecule has 4 nitrogen and oxygen atoms in total. The number of hydrogen-bond donors (Lipinski definition) is 1. The van der Waals surface area contributed by atoms with Crippen molar-refractivity contribution in [3.8, 4) is 5.75 Å². The minimum atomic E-state index is -0.764. The summed E-state index contributed by atoms with van der Waals surface area (Å²) in [6.45, 7) is 2.90. The summed E-state index contributed by atoms with van der Waals surface area (Å²) in [5.74, 6) is -1.72. The predicted octanol–water partition coefficient (Wildman–Crippen LogP) is 1.47. The van der Waals surface area contributed by atoms with Crippen LogP contribution in [0.2, 0.25) is 0 Å². The first-order valence-electron chi connectivity index (χ1n) is 5.72. The maximum Gasteiger partial charge on any atom is 0.257 e. The lowest BCUT2D eigenvalue weighted by Crippen LogP contribution is -2.33. The molecule has 1 aromatic carbocycles. The first-order chi connectivity index (χ1) is 8.32. The van der Waals surface area contributed by atoms with Gasteiger partial charge in [-0.25, -0.2) is 4.39 Å². The Bertz CT molecular complexity index is 447. The van der Waals surface area contributed by atoms with E-state index in [0.29, 0.717) is 18.7 Å². The molecular weight excluding hydrogens is 235 g/mol. The number of phenolic OH excluding ortho intramolecular Hbond substituents is 1. The number of phenols is 1. The molecule has 0 aliphatic heterocycles. The van der Waals surface area contributed by atoms with Crippen LogP contribution in [-0.4, -0.2) is 55.0 Å². The topological polar surface area (TPSA) is 43.8 Å². The third kappa shape index (κ3) is 3.43. The second-order valence-electron chi connectivity index (χ2n) is 4.67. The lowest BCUT2D eigenvalue weighted by molar-refractivity contribution is 0.0782. The molecule has 0 heterocycles. The van der Waals surface area contributed by atoms with Gasteiger partial charge >= 0.3 is 0 Å². The first kappa shape index (κ1) is 14.4. The number of halogens is 1. The summed E-state index contributed by atoms with van der Waals surface area (Å²) in [6, 6.07) is 2.69. The van der Waals surface area contributed by atoms with Gasteiger partial charge in [-0.3, -0.25) is 4.79 Å². The molecule has 18 heavy (non-hydrogen) atoms. The van der Waals surface area contributed by atoms with Crippen molar-refractivity contribution in [2.45, 2.75) is 6.92 Å². The molecular formula is C13H19FN2O2. The zero-order valence-corrected chi connectivity index (χ0v) is 11.2. The second kappa shape index (κ2) is 5.82. The fraction of sp³-hybridized carbons (Fsp3) is 0.462. The summed E-state index contributed by atoms with van der Waals surface area (Å²) in [7, 11) is 5.44. The van der Waals surface area contributed by atoms with E-state index in [4.69, 9.17) is 0 Å². The first-order valence-corrected chi connectivity index (χ1v) is 5.72. The highest BCUT2D eigenvalue weighted by Crippen LogP contribution is 2.24. The van der Waals surface area contributed by atoms with E-state index in [2.05, 4.69) is 0 Å². The van der Waals surface area contributed by atoms with Crippen molar-refractivity contribution in [2.24, 2.45) is 0 Å². The molecule has 100 valence electrons. The molecule has 0 aliphatic rings. The molecule has 1 amide bonds. The van der Waals surface area contributed by atoms with E-state index in [0.717, 1.165) is 0 Å². The van der Waals surface area contributed by atoms with Crippen LogP contribution in [0, 0.1) is 12.7 Å². The average Bonchev–Trinajstić information content (AvgIpc) is 2.29. The fourth-order valence-electron chi connectivity index (χ4n) is 1.55. The van der Waals surface area contributed by atoms with Gasteiger partial charge in [-0.1, -0.05) is 0 Å². The minimum absolute atomic E-state index is 0.00811. The predicted molar refractivity (Wildman–Crippen MR) is 68.3 cm³/mol. The van der Waals surface area contributed by atoms with Gasteiger partial charge in [-0.05, 0) is 38.7 Å². The van der Waals surface area contributed by atoms with Crippen molar-refractivity contribution in [1.82, 2.24) is 9.80 Å². The quantitative estimate of drug-likeness (QED) is 0.885. The third-order valence-corrected chi connectivity index (χ3v) is 2.67. The molecule has 1 aromatic rings. The highest BCUT2D eigenvalue weighted by atomic mass is 19.1. The highest BCUT2D eigenvalue weighted by molar-refractivity contribution is 5.96. The summed E-state index contributed by atoms with van der Waals surface area (Å²) in [5, 5.41) is 9.59. The number of aryl methyl sites for hydroxylation is 1. The van der Waals surface area contributed by atoms with Gasteiger partial charge in [-0.15, -0.1) is 0 Å². The van der Waals surface area contributed by atoms with E-state index < -0.39 is 11.6 Å². The largest absolute Gasteiger partial charge is 0.504 e. The normalized spacial score (nSPS) is 10.8. The highest BCUT2D eigenvalue weighted by Gasteiger charge is 2.18. The van der Waals surface area contributed by atoms with Gasteiger partial charge in [0.15, 0.2) is 11.6 Å². The van der Waals surface area contributed by atoms with Gasteiger partial charge in [0.05, 0.1) is 5.56 Å². The summed E-state index contributed by atoms with van der Waals surface area (Å²) in [4.78, 5) is 15.5. The monoisotopic (exact) mass is 254 g/mol. The Morgan fingerprint density at radius 2 is 1.89 bits per heavy atom. The molecule has 0 saturated heterocycles. The van der Waals surface area contributed by atoms with Crippen LogP contribution < -0.4 is 0 Å². The van der Waals surface area contributed by atoms with Gasteiger partial charge < -0.3 is 14.9 Å². The summed E-state index contributed by atoms with van der Waals surface area (Å²) in [5.41, 5.74) is 0.614. The van der Waals surface area contributed by atoms with E-state index >= 15 is 0 Å². The van der Waals surface area contributed by atoms with Gasteiger partial charge in [0, 0.05) is 20.1 Å². The van der Waals surface area contributed by atoms with Crippen LogP contribution in [0.3, 0.4) is 0 Å². The van der Waals surface area contributed by atoms with Crippen LogP contribution in [0.15, 0.2) is 12.1 Å². The molecule has 0 radical (unpaired) electrons. The Morgan fingerprint density at radius 3 is 2.44 bits per heavy atom. The molecule has 1 rings (SSSR count). The van der Waals surface area contributed by atoms with E-state index in [1.54, 1.807) is 14.0 Å². The van der Waals surface area contributed by atoms with Crippen LogP contribution in [0.25, 0.3) is 0 Å². The number of carbonyl (C=O) groups excluding carboxylic acids is 1. The van der Waals surface area contributed by atoms with Crippen molar-refractivity contribution in [2.75, 3.05) is 34.2 Å². The zero-order chi connectivity index (χ0) is 13.9. The Balaban J connectivity index is 2.90. The summed E-state index contributed by atoms with van der Waals surface area (Å²) in [6.07, 6.45) is 0. The van der Waals surface area contributed by atoms with E-state index in [1.807, 2.05) is 19.0 Å². The van der Waals surface area contributed by atoms with Gasteiger partial charge in [0.25, 0.3) is 5.91 Å². The SMILES string of the molecule is Cc1cc(F)c(O)c(C(=O)N(C)CCN(C)C)c1. The number of aromatic hydroxyl groups is 1. The maximum absolute atomic E-state index is 13.3. The molecule has 0 aromatic heterocycles. The average molecular weight is 254 g/mol. The van der Waals surface area contributed by atoms with Crippen molar-refractivity contribution < 1.29 is 14.3 Å². The Kier molecular flexibility index (Phi) is 4.67. The van der Waals surface area contributed by atoms with Crippen LogP contribution in [0.5, 0.6) is 5.75 Å². The summed E-state index contributed by atoms with van der Waals surface area (Å²) < 4.78 is 13.3. The molecule has 0 unspecified atom stereocenters. The molecule has 0 fully saturated rings. The Morgan fingerprint density at radius 1 is 1.28 bits per heavy atom. The maximum atomic E-state index is 13.3. The number of carbonyl (C=O) groups is 1. The fourth-order valence-corrected chi connectivity index (χ4v) is 1.55. The summed E-state index contributed by atoms with van der Waals surface area (Å²) >= 11 is 0. The Hall–Kier alpha value is -1.62. The van der Waals surface area contributed by atoms with Gasteiger partial charge in [0.2, 0.25) is 0 Å². The Labute approximate surface area is 107 Å².